The van der Waals surface area contributed by atoms with Crippen LogP contribution in [0.25, 0.3) is 0 Å². The van der Waals surface area contributed by atoms with Gasteiger partial charge in [-0.05, 0) is 28.6 Å². The number of nitrogens with zero attached hydrogens (tertiary/aromatic N) is 2. The van der Waals surface area contributed by atoms with Crippen LogP contribution >= 0.6 is 0 Å². The van der Waals surface area contributed by atoms with E-state index in [2.05, 4.69) is 10.3 Å². The summed E-state index contributed by atoms with van der Waals surface area (Å²) in [5, 5.41) is 13.6. The molecule has 0 radical (unpaired) electrons. The molecule has 0 atom stereocenters. The lowest BCUT2D eigenvalue weighted by molar-refractivity contribution is -0.390. The van der Waals surface area contributed by atoms with Gasteiger partial charge >= 0.3 is 5.82 Å². The minimum absolute atomic E-state index is 0.209. The monoisotopic (exact) mass is 211 g/mol. The molecule has 1 heterocycles. The summed E-state index contributed by atoms with van der Waals surface area (Å²) in [7, 11) is 0. The summed E-state index contributed by atoms with van der Waals surface area (Å²) >= 11 is 0. The van der Waals surface area contributed by atoms with Crippen molar-refractivity contribution in [2.24, 2.45) is 0 Å². The van der Waals surface area contributed by atoms with Gasteiger partial charge in [-0.1, -0.05) is 6.92 Å². The van der Waals surface area contributed by atoms with Gasteiger partial charge in [0, 0.05) is 6.54 Å². The summed E-state index contributed by atoms with van der Waals surface area (Å²) in [5.74, 6) is -0.0330. The molecule has 1 N–H and O–H groups in total. The van der Waals surface area contributed by atoms with E-state index >= 15 is 0 Å². The van der Waals surface area contributed by atoms with Crippen LogP contribution in [0.2, 0.25) is 0 Å². The van der Waals surface area contributed by atoms with E-state index in [0.29, 0.717) is 13.2 Å². The molecule has 1 aromatic rings. The fourth-order valence-electron chi connectivity index (χ4n) is 1.04. The number of nitro groups is 1. The van der Waals surface area contributed by atoms with Gasteiger partial charge in [-0.2, -0.15) is 0 Å². The van der Waals surface area contributed by atoms with Crippen molar-refractivity contribution >= 4 is 5.82 Å². The van der Waals surface area contributed by atoms with Gasteiger partial charge in [0.05, 0.1) is 0 Å². The van der Waals surface area contributed by atoms with E-state index < -0.39 is 4.92 Å². The largest absolute Gasteiger partial charge is 0.484 e. The number of nitrogens with one attached hydrogen (secondary N) is 1. The molecule has 15 heavy (non-hydrogen) atoms. The number of hydrogen-bond acceptors (Lipinski definition) is 5. The van der Waals surface area contributed by atoms with Crippen LogP contribution in [0, 0.1) is 10.1 Å². The topological polar surface area (TPSA) is 77.3 Å². The first kappa shape index (κ1) is 11.4. The summed E-state index contributed by atoms with van der Waals surface area (Å²) in [6, 6.07) is 3.15. The molecule has 82 valence electrons. The third-order valence-corrected chi connectivity index (χ3v) is 1.71. The summed E-state index contributed by atoms with van der Waals surface area (Å²) < 4.78 is 5.23. The SMILES string of the molecule is CCNCCOc1cccnc1[N+](=O)[O-]. The molecule has 0 aliphatic carbocycles. The zero-order chi connectivity index (χ0) is 11.1. The molecule has 0 amide bonds. The van der Waals surface area contributed by atoms with Crippen molar-refractivity contribution in [1.82, 2.24) is 10.3 Å². The van der Waals surface area contributed by atoms with E-state index in [0.717, 1.165) is 6.54 Å². The van der Waals surface area contributed by atoms with E-state index in [-0.39, 0.29) is 11.6 Å². The van der Waals surface area contributed by atoms with Crippen molar-refractivity contribution in [2.75, 3.05) is 19.7 Å². The Morgan fingerprint density at radius 3 is 3.13 bits per heavy atom. The smallest absolute Gasteiger partial charge is 0.406 e. The van der Waals surface area contributed by atoms with Gasteiger partial charge in [0.1, 0.15) is 12.8 Å². The van der Waals surface area contributed by atoms with Crippen LogP contribution < -0.4 is 10.1 Å². The first-order chi connectivity index (χ1) is 7.25. The van der Waals surface area contributed by atoms with Crippen LogP contribution in [0.3, 0.4) is 0 Å². The number of rotatable bonds is 6. The predicted octanol–water partition coefficient (Wildman–Crippen LogP) is 0.978. The minimum Gasteiger partial charge on any atom is -0.484 e. The molecule has 0 aromatic carbocycles. The summed E-state index contributed by atoms with van der Waals surface area (Å²) in [4.78, 5) is 13.6. The first-order valence-corrected chi connectivity index (χ1v) is 4.68. The first-order valence-electron chi connectivity index (χ1n) is 4.68. The molecule has 0 spiro atoms. The zero-order valence-electron chi connectivity index (χ0n) is 8.47. The van der Waals surface area contributed by atoms with Crippen LogP contribution in [0.1, 0.15) is 6.92 Å². The number of likely N-dealkylation sites (N-methyl/N-ethyl adjacent to an activating group) is 1. The van der Waals surface area contributed by atoms with Gasteiger partial charge in [-0.25, -0.2) is 0 Å². The normalized spacial score (nSPS) is 9.93. The van der Waals surface area contributed by atoms with Crippen LogP contribution in [0.5, 0.6) is 5.75 Å². The van der Waals surface area contributed by atoms with E-state index in [9.17, 15) is 10.1 Å². The van der Waals surface area contributed by atoms with Crippen molar-refractivity contribution in [3.05, 3.63) is 28.4 Å². The fourth-order valence-corrected chi connectivity index (χ4v) is 1.04. The summed E-state index contributed by atoms with van der Waals surface area (Å²) in [6.07, 6.45) is 1.37. The highest BCUT2D eigenvalue weighted by molar-refractivity contribution is 5.38. The van der Waals surface area contributed by atoms with Crippen molar-refractivity contribution in [1.29, 1.82) is 0 Å². The van der Waals surface area contributed by atoms with Gasteiger partial charge in [-0.15, -0.1) is 0 Å². The average molecular weight is 211 g/mol. The lowest BCUT2D eigenvalue weighted by atomic mass is 10.4. The van der Waals surface area contributed by atoms with Gasteiger partial charge < -0.3 is 20.2 Å². The zero-order valence-corrected chi connectivity index (χ0v) is 8.47. The number of aromatic nitrogens is 1. The number of pyridine rings is 1. The molecule has 0 fully saturated rings. The highest BCUT2D eigenvalue weighted by atomic mass is 16.6. The highest BCUT2D eigenvalue weighted by Crippen LogP contribution is 2.22. The molecular formula is C9H13N3O3. The van der Waals surface area contributed by atoms with Crippen LogP contribution in [0.15, 0.2) is 18.3 Å². The summed E-state index contributed by atoms with van der Waals surface area (Å²) in [6.45, 7) is 3.87. The molecule has 0 bridgehead atoms. The van der Waals surface area contributed by atoms with E-state index in [1.807, 2.05) is 6.92 Å². The highest BCUT2D eigenvalue weighted by Gasteiger charge is 2.14. The maximum atomic E-state index is 10.6. The van der Waals surface area contributed by atoms with E-state index in [1.54, 1.807) is 6.07 Å². The van der Waals surface area contributed by atoms with Crippen molar-refractivity contribution < 1.29 is 9.66 Å². The maximum Gasteiger partial charge on any atom is 0.406 e. The Morgan fingerprint density at radius 2 is 2.47 bits per heavy atom. The quantitative estimate of drug-likeness (QED) is 0.431. The predicted molar refractivity (Wildman–Crippen MR) is 54.9 cm³/mol. The van der Waals surface area contributed by atoms with Crippen molar-refractivity contribution in [3.8, 4) is 5.75 Å². The molecular weight excluding hydrogens is 198 g/mol. The maximum absolute atomic E-state index is 10.6. The standard InChI is InChI=1S/C9H13N3O3/c1-2-10-6-7-15-8-4-3-5-11-9(8)12(13)14/h3-5,10H,2,6-7H2,1H3. The average Bonchev–Trinajstić information content (AvgIpc) is 2.25. The molecule has 6 nitrogen and oxygen atoms in total. The number of hydrogen-bond donors (Lipinski definition) is 1. The van der Waals surface area contributed by atoms with Crippen LogP contribution in [-0.2, 0) is 0 Å². The number of ether oxygens (including phenoxy) is 1. The Bertz CT molecular complexity index is 330. The molecule has 0 aliphatic rings. The van der Waals surface area contributed by atoms with E-state index in [4.69, 9.17) is 4.74 Å². The molecule has 6 heteroatoms. The van der Waals surface area contributed by atoms with Gasteiger partial charge in [-0.3, -0.25) is 0 Å². The Labute approximate surface area is 87.4 Å². The van der Waals surface area contributed by atoms with Gasteiger partial charge in [0.15, 0.2) is 0 Å². The summed E-state index contributed by atoms with van der Waals surface area (Å²) in [5.41, 5.74) is 0. The molecule has 0 saturated heterocycles. The second-order valence-corrected chi connectivity index (χ2v) is 2.78. The van der Waals surface area contributed by atoms with Crippen LogP contribution in [-0.4, -0.2) is 29.6 Å². The second kappa shape index (κ2) is 5.92. The molecule has 0 saturated carbocycles. The van der Waals surface area contributed by atoms with Gasteiger partial charge in [0.25, 0.3) is 0 Å². The van der Waals surface area contributed by atoms with Crippen LogP contribution in [0.4, 0.5) is 5.82 Å². The molecule has 1 rings (SSSR count). The molecule has 0 aliphatic heterocycles. The Morgan fingerprint density at radius 1 is 1.67 bits per heavy atom. The Balaban J connectivity index is 2.56. The Kier molecular flexibility index (Phi) is 4.49. The van der Waals surface area contributed by atoms with Crippen molar-refractivity contribution in [2.45, 2.75) is 6.92 Å². The molecule has 0 unspecified atom stereocenters. The minimum atomic E-state index is -0.553. The van der Waals surface area contributed by atoms with Crippen molar-refractivity contribution in [3.63, 3.8) is 0 Å². The lowest BCUT2D eigenvalue weighted by Crippen LogP contribution is -2.20. The van der Waals surface area contributed by atoms with E-state index in [1.165, 1.54) is 12.3 Å². The third-order valence-electron chi connectivity index (χ3n) is 1.71. The molecule has 1 aromatic heterocycles. The fraction of sp³-hybridized carbons (Fsp3) is 0.444. The third kappa shape index (κ3) is 3.51. The lowest BCUT2D eigenvalue weighted by Gasteiger charge is -2.05. The Hall–Kier alpha value is -1.69. The van der Waals surface area contributed by atoms with Gasteiger partial charge in [0.2, 0.25) is 5.75 Å². The second-order valence-electron chi connectivity index (χ2n) is 2.78.